The van der Waals surface area contributed by atoms with Crippen LogP contribution in [0.1, 0.15) is 36.9 Å². The maximum atomic E-state index is 13.1. The molecule has 2 aromatic carbocycles. The van der Waals surface area contributed by atoms with Crippen LogP contribution in [-0.4, -0.2) is 38.8 Å². The van der Waals surface area contributed by atoms with Gasteiger partial charge in [0.1, 0.15) is 11.6 Å². The van der Waals surface area contributed by atoms with Gasteiger partial charge in [-0.3, -0.25) is 4.79 Å². The first-order valence-corrected chi connectivity index (χ1v) is 11.4. The van der Waals surface area contributed by atoms with Crippen LogP contribution in [0.25, 0.3) is 0 Å². The van der Waals surface area contributed by atoms with Crippen LogP contribution in [0.5, 0.6) is 5.75 Å². The number of ether oxygens (including phenoxy) is 1. The van der Waals surface area contributed by atoms with Gasteiger partial charge in [0.15, 0.2) is 0 Å². The van der Waals surface area contributed by atoms with Crippen LogP contribution in [0.4, 0.5) is 4.39 Å². The number of carbonyl (C=O) groups excluding carboxylic acids is 1. The van der Waals surface area contributed by atoms with Crippen LogP contribution in [0.3, 0.4) is 0 Å². The highest BCUT2D eigenvalue weighted by Crippen LogP contribution is 2.28. The van der Waals surface area contributed by atoms with Crippen LogP contribution in [-0.2, 0) is 14.8 Å². The monoisotopic (exact) mass is 434 g/mol. The van der Waals surface area contributed by atoms with Gasteiger partial charge in [0.2, 0.25) is 15.9 Å². The van der Waals surface area contributed by atoms with Crippen LogP contribution in [0.15, 0.2) is 47.4 Å². The molecule has 0 aliphatic carbocycles. The minimum absolute atomic E-state index is 0.0620. The fourth-order valence-electron chi connectivity index (χ4n) is 3.72. The van der Waals surface area contributed by atoms with Crippen molar-refractivity contribution in [1.82, 2.24) is 9.62 Å². The van der Waals surface area contributed by atoms with E-state index in [9.17, 15) is 17.6 Å². The Morgan fingerprint density at radius 2 is 1.80 bits per heavy atom. The van der Waals surface area contributed by atoms with Crippen LogP contribution < -0.4 is 10.1 Å². The number of nitrogens with zero attached hydrogens (tertiary/aromatic N) is 1. The van der Waals surface area contributed by atoms with Gasteiger partial charge in [-0.2, -0.15) is 4.31 Å². The summed E-state index contributed by atoms with van der Waals surface area (Å²) >= 11 is 0. The van der Waals surface area contributed by atoms with E-state index in [1.165, 1.54) is 16.4 Å². The molecule has 0 saturated carbocycles. The minimum Gasteiger partial charge on any atom is -0.496 e. The molecule has 1 amide bonds. The average molecular weight is 435 g/mol. The summed E-state index contributed by atoms with van der Waals surface area (Å²) in [5.74, 6) is -0.120. The number of hydrogen-bond acceptors (Lipinski definition) is 4. The molecule has 1 saturated heterocycles. The molecule has 2 aromatic rings. The summed E-state index contributed by atoms with van der Waals surface area (Å²) < 4.78 is 45.3. The summed E-state index contributed by atoms with van der Waals surface area (Å²) in [7, 11) is -2.09. The zero-order valence-electron chi connectivity index (χ0n) is 17.4. The molecule has 6 nitrogen and oxygen atoms in total. The number of nitrogens with one attached hydrogen (secondary N) is 1. The highest BCUT2D eigenvalue weighted by molar-refractivity contribution is 7.89. The van der Waals surface area contributed by atoms with Crippen molar-refractivity contribution in [2.24, 2.45) is 5.92 Å². The zero-order valence-corrected chi connectivity index (χ0v) is 18.2. The molecular formula is C22H27FN2O4S. The maximum absolute atomic E-state index is 13.1. The molecule has 1 unspecified atom stereocenters. The predicted octanol–water partition coefficient (Wildman–Crippen LogP) is 3.42. The standard InChI is InChI=1S/C22H27FN2O4S/c1-15-4-9-21(29-3)20(14-15)16(2)24-22(26)17-10-12-25(13-11-17)30(27,28)19-7-5-18(23)6-8-19/h4-9,14,16-17H,10-13H2,1-3H3,(H,24,26). The highest BCUT2D eigenvalue weighted by atomic mass is 32.2. The smallest absolute Gasteiger partial charge is 0.243 e. The van der Waals surface area contributed by atoms with Gasteiger partial charge in [0.05, 0.1) is 18.0 Å². The Morgan fingerprint density at radius 1 is 1.17 bits per heavy atom. The molecule has 1 aliphatic rings. The topological polar surface area (TPSA) is 75.7 Å². The zero-order chi connectivity index (χ0) is 21.9. The Hall–Kier alpha value is -2.45. The van der Waals surface area contributed by atoms with Crippen molar-refractivity contribution in [3.8, 4) is 5.75 Å². The number of rotatable bonds is 6. The SMILES string of the molecule is COc1ccc(C)cc1C(C)NC(=O)C1CCN(S(=O)(=O)c2ccc(F)cc2)CC1. The molecule has 1 fully saturated rings. The molecule has 0 radical (unpaired) electrons. The Morgan fingerprint density at radius 3 is 2.40 bits per heavy atom. The second-order valence-electron chi connectivity index (χ2n) is 7.61. The Labute approximate surface area is 177 Å². The minimum atomic E-state index is -3.69. The molecule has 1 heterocycles. The third-order valence-electron chi connectivity index (χ3n) is 5.49. The number of amides is 1. The van der Waals surface area contributed by atoms with Gasteiger partial charge < -0.3 is 10.1 Å². The number of aryl methyl sites for hydroxylation is 1. The van der Waals surface area contributed by atoms with Crippen LogP contribution in [0.2, 0.25) is 0 Å². The lowest BCUT2D eigenvalue weighted by atomic mass is 9.96. The molecular weight excluding hydrogens is 407 g/mol. The van der Waals surface area contributed by atoms with Crippen molar-refractivity contribution in [2.75, 3.05) is 20.2 Å². The molecule has 30 heavy (non-hydrogen) atoms. The average Bonchev–Trinajstić information content (AvgIpc) is 2.74. The first-order chi connectivity index (χ1) is 14.2. The largest absolute Gasteiger partial charge is 0.496 e. The van der Waals surface area contributed by atoms with E-state index in [4.69, 9.17) is 4.74 Å². The van der Waals surface area contributed by atoms with Crippen LogP contribution >= 0.6 is 0 Å². The van der Waals surface area contributed by atoms with E-state index in [1.807, 2.05) is 32.0 Å². The van der Waals surface area contributed by atoms with Gasteiger partial charge in [-0.05, 0) is 57.0 Å². The fraction of sp³-hybridized carbons (Fsp3) is 0.409. The van der Waals surface area contributed by atoms with Crippen molar-refractivity contribution in [3.05, 3.63) is 59.4 Å². The van der Waals surface area contributed by atoms with E-state index in [2.05, 4.69) is 5.32 Å². The summed E-state index contributed by atoms with van der Waals surface area (Å²) in [6.45, 7) is 4.39. The van der Waals surface area contributed by atoms with E-state index in [1.54, 1.807) is 7.11 Å². The van der Waals surface area contributed by atoms with Gasteiger partial charge in [-0.15, -0.1) is 0 Å². The molecule has 1 aliphatic heterocycles. The number of piperidine rings is 1. The van der Waals surface area contributed by atoms with Crippen molar-refractivity contribution in [1.29, 1.82) is 0 Å². The molecule has 0 aromatic heterocycles. The van der Waals surface area contributed by atoms with E-state index < -0.39 is 15.8 Å². The highest BCUT2D eigenvalue weighted by Gasteiger charge is 2.32. The van der Waals surface area contributed by atoms with Gasteiger partial charge in [-0.25, -0.2) is 12.8 Å². The predicted molar refractivity (Wildman–Crippen MR) is 112 cm³/mol. The Bertz CT molecular complexity index is 1000. The Kier molecular flexibility index (Phi) is 6.77. The molecule has 8 heteroatoms. The van der Waals surface area contributed by atoms with Crippen molar-refractivity contribution in [3.63, 3.8) is 0 Å². The third-order valence-corrected chi connectivity index (χ3v) is 7.40. The summed E-state index contributed by atoms with van der Waals surface area (Å²) in [6, 6.07) is 10.4. The fourth-order valence-corrected chi connectivity index (χ4v) is 5.18. The maximum Gasteiger partial charge on any atom is 0.243 e. The number of halogens is 1. The second-order valence-corrected chi connectivity index (χ2v) is 9.55. The summed E-state index contributed by atoms with van der Waals surface area (Å²) in [6.07, 6.45) is 0.869. The van der Waals surface area contributed by atoms with Gasteiger partial charge in [0, 0.05) is 24.6 Å². The number of methoxy groups -OCH3 is 1. The molecule has 3 rings (SSSR count). The summed E-state index contributed by atoms with van der Waals surface area (Å²) in [5, 5.41) is 3.03. The number of sulfonamides is 1. The first-order valence-electron chi connectivity index (χ1n) is 9.93. The summed E-state index contributed by atoms with van der Waals surface area (Å²) in [4.78, 5) is 12.8. The van der Waals surface area contributed by atoms with E-state index in [0.717, 1.165) is 23.3 Å². The van der Waals surface area contributed by atoms with Crippen molar-refractivity contribution >= 4 is 15.9 Å². The quantitative estimate of drug-likeness (QED) is 0.756. The second kappa shape index (κ2) is 9.14. The molecule has 162 valence electrons. The van der Waals surface area contributed by atoms with Gasteiger partial charge in [-0.1, -0.05) is 17.7 Å². The van der Waals surface area contributed by atoms with E-state index in [0.29, 0.717) is 18.6 Å². The molecule has 0 bridgehead atoms. The Balaban J connectivity index is 1.61. The molecule has 0 spiro atoms. The molecule has 1 atom stereocenters. The lowest BCUT2D eigenvalue weighted by Gasteiger charge is -2.31. The lowest BCUT2D eigenvalue weighted by molar-refractivity contribution is -0.126. The van der Waals surface area contributed by atoms with E-state index in [-0.39, 0.29) is 35.9 Å². The van der Waals surface area contributed by atoms with Gasteiger partial charge in [0.25, 0.3) is 0 Å². The normalized spacial score (nSPS) is 16.8. The third kappa shape index (κ3) is 4.82. The number of benzene rings is 2. The lowest BCUT2D eigenvalue weighted by Crippen LogP contribution is -2.43. The number of hydrogen-bond donors (Lipinski definition) is 1. The first kappa shape index (κ1) is 22.2. The van der Waals surface area contributed by atoms with Crippen molar-refractivity contribution in [2.45, 2.75) is 37.6 Å². The number of carbonyl (C=O) groups is 1. The van der Waals surface area contributed by atoms with E-state index >= 15 is 0 Å². The van der Waals surface area contributed by atoms with Gasteiger partial charge >= 0.3 is 0 Å². The summed E-state index contributed by atoms with van der Waals surface area (Å²) in [5.41, 5.74) is 1.98. The van der Waals surface area contributed by atoms with Crippen LogP contribution in [0, 0.1) is 18.7 Å². The van der Waals surface area contributed by atoms with Crippen molar-refractivity contribution < 1.29 is 22.3 Å². The molecule has 1 N–H and O–H groups in total.